The molecule has 24 heavy (non-hydrogen) atoms. The summed E-state index contributed by atoms with van der Waals surface area (Å²) < 4.78 is 42.1. The Morgan fingerprint density at radius 3 is 2.38 bits per heavy atom. The van der Waals surface area contributed by atoms with Gasteiger partial charge in [0.1, 0.15) is 11.6 Å². The largest absolute Gasteiger partial charge is 0.434 e. The van der Waals surface area contributed by atoms with Crippen LogP contribution in [-0.2, 0) is 19.8 Å². The molecule has 3 aromatic rings. The quantitative estimate of drug-likeness (QED) is 0.723. The van der Waals surface area contributed by atoms with Crippen molar-refractivity contribution >= 4 is 11.6 Å². The lowest BCUT2D eigenvalue weighted by atomic mass is 10.2. The van der Waals surface area contributed by atoms with Crippen LogP contribution in [-0.4, -0.2) is 29.3 Å². The van der Waals surface area contributed by atoms with Crippen LogP contribution >= 0.6 is 11.6 Å². The van der Waals surface area contributed by atoms with Crippen molar-refractivity contribution in [2.24, 2.45) is 7.05 Å². The van der Waals surface area contributed by atoms with Crippen LogP contribution in [0.4, 0.5) is 13.2 Å². The van der Waals surface area contributed by atoms with E-state index < -0.39 is 11.9 Å². The first-order chi connectivity index (χ1) is 11.3. The molecule has 0 saturated carbocycles. The predicted molar refractivity (Wildman–Crippen MR) is 80.3 cm³/mol. The zero-order chi connectivity index (χ0) is 17.5. The average Bonchev–Trinajstić information content (AvgIpc) is 3.06. The fraction of sp³-hybridized carbons (Fsp3) is 0.286. The molecule has 0 aliphatic carbocycles. The molecule has 0 amide bonds. The highest BCUT2D eigenvalue weighted by molar-refractivity contribution is 6.30. The van der Waals surface area contributed by atoms with Crippen LogP contribution < -0.4 is 0 Å². The van der Waals surface area contributed by atoms with E-state index >= 15 is 0 Å². The third-order valence-corrected chi connectivity index (χ3v) is 3.72. The maximum absolute atomic E-state index is 13.0. The van der Waals surface area contributed by atoms with Gasteiger partial charge in [-0.15, -0.1) is 0 Å². The summed E-state index contributed by atoms with van der Waals surface area (Å²) in [6, 6.07) is 0. The van der Waals surface area contributed by atoms with Gasteiger partial charge < -0.3 is 4.57 Å². The standard InChI is InChI=1S/C14H12ClF3N6/c1-8-10(5-21-23(8)2)13-22-11(14(16,17)18)6-24(13)7-12-19-3-9(15)4-20-12/h3-6H,7H2,1-2H3. The second-order valence-electron chi connectivity index (χ2n) is 5.16. The van der Waals surface area contributed by atoms with Gasteiger partial charge in [-0.2, -0.15) is 18.3 Å². The molecule has 0 aliphatic rings. The van der Waals surface area contributed by atoms with Crippen LogP contribution in [0.5, 0.6) is 0 Å². The van der Waals surface area contributed by atoms with E-state index in [0.717, 1.165) is 6.20 Å². The van der Waals surface area contributed by atoms with Crippen LogP contribution in [0.15, 0.2) is 24.8 Å². The highest BCUT2D eigenvalue weighted by Gasteiger charge is 2.35. The lowest BCUT2D eigenvalue weighted by Crippen LogP contribution is -2.06. The van der Waals surface area contributed by atoms with Gasteiger partial charge in [0.25, 0.3) is 0 Å². The average molecular weight is 357 g/mol. The molecule has 6 nitrogen and oxygen atoms in total. The Kier molecular flexibility index (Phi) is 4.04. The molecule has 3 rings (SSSR count). The van der Waals surface area contributed by atoms with Crippen molar-refractivity contribution in [2.45, 2.75) is 19.6 Å². The van der Waals surface area contributed by atoms with E-state index in [2.05, 4.69) is 20.1 Å². The molecule has 0 saturated heterocycles. The maximum atomic E-state index is 13.0. The molecule has 126 valence electrons. The fourth-order valence-corrected chi connectivity index (χ4v) is 2.28. The summed E-state index contributed by atoms with van der Waals surface area (Å²) >= 11 is 5.73. The molecule has 0 aromatic carbocycles. The van der Waals surface area contributed by atoms with Crippen molar-refractivity contribution in [2.75, 3.05) is 0 Å². The van der Waals surface area contributed by atoms with Gasteiger partial charge >= 0.3 is 6.18 Å². The highest BCUT2D eigenvalue weighted by atomic mass is 35.5. The molecule has 0 radical (unpaired) electrons. The lowest BCUT2D eigenvalue weighted by Gasteiger charge is -2.06. The molecule has 0 N–H and O–H groups in total. The smallest absolute Gasteiger partial charge is 0.323 e. The monoisotopic (exact) mass is 356 g/mol. The maximum Gasteiger partial charge on any atom is 0.434 e. The van der Waals surface area contributed by atoms with Crippen molar-refractivity contribution < 1.29 is 13.2 Å². The second kappa shape index (κ2) is 5.90. The van der Waals surface area contributed by atoms with Gasteiger partial charge in [-0.05, 0) is 6.92 Å². The van der Waals surface area contributed by atoms with E-state index in [9.17, 15) is 13.2 Å². The Bertz CT molecular complexity index is 866. The number of hydrogen-bond acceptors (Lipinski definition) is 4. The summed E-state index contributed by atoms with van der Waals surface area (Å²) in [7, 11) is 1.71. The van der Waals surface area contributed by atoms with Gasteiger partial charge in [-0.3, -0.25) is 4.68 Å². The molecule has 0 fully saturated rings. The molecular formula is C14H12ClF3N6. The molecule has 3 heterocycles. The molecule has 3 aromatic heterocycles. The number of alkyl halides is 3. The summed E-state index contributed by atoms with van der Waals surface area (Å²) in [6.45, 7) is 1.79. The van der Waals surface area contributed by atoms with Crippen molar-refractivity contribution in [1.82, 2.24) is 29.3 Å². The van der Waals surface area contributed by atoms with Gasteiger partial charge in [0.2, 0.25) is 0 Å². The Balaban J connectivity index is 2.08. The van der Waals surface area contributed by atoms with Crippen molar-refractivity contribution in [3.05, 3.63) is 47.0 Å². The summed E-state index contributed by atoms with van der Waals surface area (Å²) in [5, 5.41) is 4.41. The molecular weight excluding hydrogens is 345 g/mol. The third kappa shape index (κ3) is 3.12. The van der Waals surface area contributed by atoms with Crippen LogP contribution in [0.25, 0.3) is 11.4 Å². The summed E-state index contributed by atoms with van der Waals surface area (Å²) in [4.78, 5) is 11.8. The first-order valence-electron chi connectivity index (χ1n) is 6.85. The Hall–Kier alpha value is -2.42. The van der Waals surface area contributed by atoms with Gasteiger partial charge in [0.15, 0.2) is 5.69 Å². The van der Waals surface area contributed by atoms with Gasteiger partial charge in [0.05, 0.1) is 23.3 Å². The topological polar surface area (TPSA) is 61.4 Å². The van der Waals surface area contributed by atoms with Crippen LogP contribution in [0.3, 0.4) is 0 Å². The molecule has 0 spiro atoms. The lowest BCUT2D eigenvalue weighted by molar-refractivity contribution is -0.140. The first kappa shape index (κ1) is 16.4. The van der Waals surface area contributed by atoms with E-state index in [0.29, 0.717) is 22.1 Å². The molecule has 0 aliphatic heterocycles. The number of nitrogens with zero attached hydrogens (tertiary/aromatic N) is 6. The number of aromatic nitrogens is 6. The van der Waals surface area contributed by atoms with Gasteiger partial charge in [0, 0.05) is 31.3 Å². The number of imidazole rings is 1. The van der Waals surface area contributed by atoms with E-state index in [1.165, 1.54) is 23.2 Å². The summed E-state index contributed by atoms with van der Waals surface area (Å²) in [5.74, 6) is 0.486. The molecule has 0 unspecified atom stereocenters. The minimum absolute atomic E-state index is 0.0317. The molecule has 0 bridgehead atoms. The second-order valence-corrected chi connectivity index (χ2v) is 5.60. The highest BCUT2D eigenvalue weighted by Crippen LogP contribution is 2.32. The predicted octanol–water partition coefficient (Wildman–Crippen LogP) is 3.10. The summed E-state index contributed by atoms with van der Waals surface area (Å²) in [6.07, 6.45) is 0.661. The third-order valence-electron chi connectivity index (χ3n) is 3.53. The van der Waals surface area contributed by atoms with E-state index in [-0.39, 0.29) is 12.4 Å². The number of halogens is 4. The zero-order valence-corrected chi connectivity index (χ0v) is 13.5. The van der Waals surface area contributed by atoms with Crippen LogP contribution in [0.1, 0.15) is 17.2 Å². The Labute approximate surface area is 139 Å². The number of rotatable bonds is 3. The summed E-state index contributed by atoms with van der Waals surface area (Å²) in [5.41, 5.74) is 0.240. The van der Waals surface area contributed by atoms with E-state index in [1.807, 2.05) is 0 Å². The van der Waals surface area contributed by atoms with Crippen LogP contribution in [0.2, 0.25) is 5.02 Å². The normalized spacial score (nSPS) is 11.9. The molecule has 10 heteroatoms. The van der Waals surface area contributed by atoms with Crippen molar-refractivity contribution in [1.29, 1.82) is 0 Å². The van der Waals surface area contributed by atoms with Gasteiger partial charge in [-0.1, -0.05) is 11.6 Å². The van der Waals surface area contributed by atoms with Crippen molar-refractivity contribution in [3.8, 4) is 11.4 Å². The first-order valence-corrected chi connectivity index (χ1v) is 7.23. The molecule has 0 atom stereocenters. The Morgan fingerprint density at radius 2 is 1.83 bits per heavy atom. The van der Waals surface area contributed by atoms with E-state index in [1.54, 1.807) is 18.7 Å². The van der Waals surface area contributed by atoms with Gasteiger partial charge in [-0.25, -0.2) is 15.0 Å². The SMILES string of the molecule is Cc1c(-c2nc(C(F)(F)F)cn2Cc2ncc(Cl)cn2)cnn1C. The van der Waals surface area contributed by atoms with Crippen LogP contribution in [0, 0.1) is 6.92 Å². The minimum Gasteiger partial charge on any atom is -0.323 e. The zero-order valence-electron chi connectivity index (χ0n) is 12.7. The van der Waals surface area contributed by atoms with Crippen molar-refractivity contribution in [3.63, 3.8) is 0 Å². The minimum atomic E-state index is -4.54. The number of aryl methyl sites for hydroxylation is 1. The fourth-order valence-electron chi connectivity index (χ4n) is 2.18. The Morgan fingerprint density at radius 1 is 1.17 bits per heavy atom. The number of hydrogen-bond donors (Lipinski definition) is 0. The van der Waals surface area contributed by atoms with E-state index in [4.69, 9.17) is 11.6 Å².